The molecular weight excluding hydrogens is 505 g/mol. The van der Waals surface area contributed by atoms with Gasteiger partial charge < -0.3 is 9.64 Å². The maximum absolute atomic E-state index is 13.6. The van der Waals surface area contributed by atoms with Crippen LogP contribution in [0.15, 0.2) is 42.6 Å². The average molecular weight is 538 g/mol. The zero-order valence-corrected chi connectivity index (χ0v) is 21.7. The number of rotatable bonds is 8. The van der Waals surface area contributed by atoms with E-state index in [1.165, 1.54) is 10.4 Å². The Hall–Kier alpha value is -1.85. The largest absolute Gasteiger partial charge is 0.374 e. The van der Waals surface area contributed by atoms with Crippen LogP contribution in [0.4, 0.5) is 10.2 Å². The van der Waals surface area contributed by atoms with Gasteiger partial charge in [-0.2, -0.15) is 22.5 Å². The van der Waals surface area contributed by atoms with Crippen molar-refractivity contribution in [3.63, 3.8) is 0 Å². The molecule has 0 bridgehead atoms. The maximum Gasteiger partial charge on any atom is 0.279 e. The van der Waals surface area contributed by atoms with Gasteiger partial charge in [-0.25, -0.2) is 4.39 Å². The van der Waals surface area contributed by atoms with E-state index < -0.39 is 10.2 Å². The summed E-state index contributed by atoms with van der Waals surface area (Å²) in [5.74, 6) is 1.35. The fourth-order valence-corrected chi connectivity index (χ4v) is 7.47. The first kappa shape index (κ1) is 25.8. The quantitative estimate of drug-likeness (QED) is 0.520. The lowest BCUT2D eigenvalue weighted by Gasteiger charge is -2.41. The summed E-state index contributed by atoms with van der Waals surface area (Å²) in [6.07, 6.45) is 5.92. The number of alkyl halides is 1. The monoisotopic (exact) mass is 537 g/mol. The molecule has 1 aromatic heterocycles. The summed E-state index contributed by atoms with van der Waals surface area (Å²) < 4.78 is 50.0. The normalized spacial score (nSPS) is 28.1. The van der Waals surface area contributed by atoms with Crippen LogP contribution in [-0.2, 0) is 14.9 Å². The fourth-order valence-electron chi connectivity index (χ4n) is 5.42. The minimum atomic E-state index is -3.61. The smallest absolute Gasteiger partial charge is 0.279 e. The van der Waals surface area contributed by atoms with Crippen LogP contribution < -0.4 is 9.62 Å². The van der Waals surface area contributed by atoms with E-state index in [0.717, 1.165) is 37.1 Å². The van der Waals surface area contributed by atoms with Crippen molar-refractivity contribution in [2.75, 3.05) is 37.7 Å². The number of hydrogen-bond donors (Lipinski definition) is 1. The Labute approximate surface area is 217 Å². The van der Waals surface area contributed by atoms with Crippen LogP contribution in [0.3, 0.4) is 0 Å². The molecule has 3 heterocycles. The topological polar surface area (TPSA) is 87.7 Å². The molecule has 2 aliphatic heterocycles. The van der Waals surface area contributed by atoms with Crippen LogP contribution in [0.25, 0.3) is 0 Å². The van der Waals surface area contributed by atoms with Crippen LogP contribution in [0.5, 0.6) is 0 Å². The van der Waals surface area contributed by atoms with Crippen LogP contribution in [0.1, 0.15) is 43.6 Å². The second-order valence-corrected chi connectivity index (χ2v) is 12.4. The van der Waals surface area contributed by atoms with Gasteiger partial charge in [0.2, 0.25) is 0 Å². The maximum atomic E-state index is 13.6. The van der Waals surface area contributed by atoms with E-state index in [1.807, 2.05) is 18.2 Å². The summed E-state index contributed by atoms with van der Waals surface area (Å²) in [6, 6.07) is 10.3. The highest BCUT2D eigenvalue weighted by molar-refractivity contribution is 7.87. The standard InChI is InChI=1S/C25H33ClFN5O3S/c26-21-14-32(15-21)36(33,34)30-23-10-12-31(25-5-2-11-28-29-25)16-24(23)35-17-18-6-8-19(9-7-18)20-3-1-4-22(27)13-20/h1-5,11,13,18-19,21,23-24,30H,6-10,12,14-17H2/t18?,19?,23-,24+/m0/s1. The summed E-state index contributed by atoms with van der Waals surface area (Å²) in [4.78, 5) is 2.10. The molecule has 0 spiro atoms. The van der Waals surface area contributed by atoms with Crippen LogP contribution in [0.2, 0.25) is 0 Å². The Balaban J connectivity index is 1.20. The number of nitrogens with zero attached hydrogens (tertiary/aromatic N) is 4. The van der Waals surface area contributed by atoms with Gasteiger partial charge in [0.25, 0.3) is 10.2 Å². The van der Waals surface area contributed by atoms with Crippen molar-refractivity contribution >= 4 is 27.6 Å². The molecule has 8 nitrogen and oxygen atoms in total. The highest BCUT2D eigenvalue weighted by Crippen LogP contribution is 2.36. The van der Waals surface area contributed by atoms with Gasteiger partial charge in [-0.1, -0.05) is 12.1 Å². The lowest BCUT2D eigenvalue weighted by molar-refractivity contribution is -0.00175. The minimum Gasteiger partial charge on any atom is -0.374 e. The van der Waals surface area contributed by atoms with Crippen molar-refractivity contribution < 1.29 is 17.5 Å². The number of nitrogens with one attached hydrogen (secondary N) is 1. The molecule has 1 N–H and O–H groups in total. The molecule has 0 amide bonds. The lowest BCUT2D eigenvalue weighted by atomic mass is 9.79. The van der Waals surface area contributed by atoms with Crippen LogP contribution >= 0.6 is 11.6 Å². The third-order valence-corrected chi connectivity index (χ3v) is 9.45. The van der Waals surface area contributed by atoms with Gasteiger partial charge in [-0.15, -0.1) is 16.7 Å². The summed E-state index contributed by atoms with van der Waals surface area (Å²) in [5.41, 5.74) is 1.07. The molecule has 0 unspecified atom stereocenters. The third kappa shape index (κ3) is 6.16. The Morgan fingerprint density at radius 3 is 2.58 bits per heavy atom. The van der Waals surface area contributed by atoms with Gasteiger partial charge in [0, 0.05) is 39.0 Å². The van der Waals surface area contributed by atoms with Crippen molar-refractivity contribution in [1.29, 1.82) is 0 Å². The summed E-state index contributed by atoms with van der Waals surface area (Å²) in [6.45, 7) is 2.41. The molecule has 196 valence electrons. The lowest BCUT2D eigenvalue weighted by Crippen LogP contribution is -2.61. The fraction of sp³-hybridized carbons (Fsp3) is 0.600. The molecule has 11 heteroatoms. The molecule has 2 aromatic rings. The van der Waals surface area contributed by atoms with E-state index >= 15 is 0 Å². The van der Waals surface area contributed by atoms with E-state index in [-0.39, 0.29) is 23.3 Å². The molecule has 1 saturated carbocycles. The molecule has 2 atom stereocenters. The van der Waals surface area contributed by atoms with Gasteiger partial charge in [0.1, 0.15) is 5.82 Å². The summed E-state index contributed by atoms with van der Waals surface area (Å²) in [5, 5.41) is 8.07. The van der Waals surface area contributed by atoms with Crippen molar-refractivity contribution in [3.8, 4) is 0 Å². The van der Waals surface area contributed by atoms with Crippen molar-refractivity contribution in [3.05, 3.63) is 54.0 Å². The first-order valence-electron chi connectivity index (χ1n) is 12.7. The highest BCUT2D eigenvalue weighted by Gasteiger charge is 2.39. The third-order valence-electron chi connectivity index (χ3n) is 7.60. The Bertz CT molecular complexity index is 1110. The Kier molecular flexibility index (Phi) is 8.07. The molecule has 36 heavy (non-hydrogen) atoms. The van der Waals surface area contributed by atoms with Crippen LogP contribution in [-0.4, -0.2) is 73.2 Å². The van der Waals surface area contributed by atoms with Gasteiger partial charge in [0.05, 0.1) is 17.5 Å². The summed E-state index contributed by atoms with van der Waals surface area (Å²) in [7, 11) is -3.61. The molecule has 2 saturated heterocycles. The van der Waals surface area contributed by atoms with Gasteiger partial charge in [-0.3, -0.25) is 0 Å². The van der Waals surface area contributed by atoms with Crippen molar-refractivity contribution in [2.45, 2.75) is 55.5 Å². The molecule has 1 aromatic carbocycles. The Morgan fingerprint density at radius 2 is 1.89 bits per heavy atom. The minimum absolute atomic E-state index is 0.130. The van der Waals surface area contributed by atoms with Gasteiger partial charge >= 0.3 is 0 Å². The van der Waals surface area contributed by atoms with Crippen molar-refractivity contribution in [1.82, 2.24) is 19.2 Å². The van der Waals surface area contributed by atoms with Crippen molar-refractivity contribution in [2.24, 2.45) is 5.92 Å². The van der Waals surface area contributed by atoms with Gasteiger partial charge in [-0.05, 0) is 73.8 Å². The first-order chi connectivity index (χ1) is 17.4. The number of ether oxygens (including phenoxy) is 1. The molecule has 1 aliphatic carbocycles. The number of anilines is 1. The Morgan fingerprint density at radius 1 is 1.08 bits per heavy atom. The summed E-state index contributed by atoms with van der Waals surface area (Å²) >= 11 is 6.00. The zero-order valence-electron chi connectivity index (χ0n) is 20.2. The predicted molar refractivity (Wildman–Crippen MR) is 137 cm³/mol. The zero-order chi connectivity index (χ0) is 25.1. The number of benzene rings is 1. The predicted octanol–water partition coefficient (Wildman–Crippen LogP) is 3.31. The van der Waals surface area contributed by atoms with Crippen LogP contribution in [0, 0.1) is 11.7 Å². The van der Waals surface area contributed by atoms with E-state index in [9.17, 15) is 12.8 Å². The second kappa shape index (κ2) is 11.3. The molecule has 0 radical (unpaired) electrons. The molecule has 3 fully saturated rings. The molecule has 3 aliphatic rings. The number of aromatic nitrogens is 2. The molecule has 5 rings (SSSR count). The number of hydrogen-bond acceptors (Lipinski definition) is 6. The SMILES string of the molecule is O=S(=O)(N[C@H]1CCN(c2cccnn2)C[C@H]1OCC1CCC(c2cccc(F)c2)CC1)N1CC(Cl)C1. The average Bonchev–Trinajstić information content (AvgIpc) is 2.87. The van der Waals surface area contributed by atoms with E-state index in [4.69, 9.17) is 16.3 Å². The second-order valence-electron chi connectivity index (χ2n) is 10.1. The number of piperidine rings is 1. The van der Waals surface area contributed by atoms with E-state index in [0.29, 0.717) is 51.0 Å². The highest BCUT2D eigenvalue weighted by atomic mass is 35.5. The van der Waals surface area contributed by atoms with E-state index in [2.05, 4.69) is 19.8 Å². The van der Waals surface area contributed by atoms with E-state index in [1.54, 1.807) is 18.3 Å². The van der Waals surface area contributed by atoms with Gasteiger partial charge in [0.15, 0.2) is 5.82 Å². The first-order valence-corrected chi connectivity index (χ1v) is 14.6. The number of halogens is 2. The molecular formula is C25H33ClFN5O3S.